The van der Waals surface area contributed by atoms with Crippen molar-refractivity contribution in [1.29, 1.82) is 0 Å². The highest BCUT2D eigenvalue weighted by molar-refractivity contribution is 6.42. The fourth-order valence-corrected chi connectivity index (χ4v) is 4.70. The maximum Gasteiger partial charge on any atom is 0.262 e. The highest BCUT2D eigenvalue weighted by atomic mass is 35.5. The van der Waals surface area contributed by atoms with Gasteiger partial charge in [-0.2, -0.15) is 5.10 Å². The Morgan fingerprint density at radius 3 is 2.50 bits per heavy atom. The summed E-state index contributed by atoms with van der Waals surface area (Å²) >= 11 is 11.9. The second-order valence-corrected chi connectivity index (χ2v) is 9.80. The van der Waals surface area contributed by atoms with Gasteiger partial charge in [-0.15, -0.1) is 0 Å². The summed E-state index contributed by atoms with van der Waals surface area (Å²) in [4.78, 5) is 31.3. The number of hydrogen-bond acceptors (Lipinski definition) is 5. The van der Waals surface area contributed by atoms with Crippen molar-refractivity contribution in [2.75, 3.05) is 25.0 Å². The Balaban J connectivity index is 1.10. The number of amides is 2. The van der Waals surface area contributed by atoms with Gasteiger partial charge in [0.15, 0.2) is 6.61 Å². The van der Waals surface area contributed by atoms with Crippen molar-refractivity contribution in [2.45, 2.75) is 18.8 Å². The van der Waals surface area contributed by atoms with Gasteiger partial charge < -0.3 is 15.0 Å². The lowest BCUT2D eigenvalue weighted by molar-refractivity contribution is -0.118. The number of carbonyl (C=O) groups excluding carboxylic acids is 2. The number of nitrogens with one attached hydrogen (secondary N) is 1. The Kier molecular flexibility index (Phi) is 7.91. The molecule has 0 atom stereocenters. The summed E-state index contributed by atoms with van der Waals surface area (Å²) in [6.45, 7) is 1.20. The van der Waals surface area contributed by atoms with Gasteiger partial charge in [0.05, 0.1) is 33.7 Å². The fourth-order valence-electron chi connectivity index (χ4n) is 4.41. The third-order valence-corrected chi connectivity index (χ3v) is 7.19. The number of likely N-dealkylation sites (tertiary alicyclic amines) is 1. The monoisotopic (exact) mass is 549 g/mol. The van der Waals surface area contributed by atoms with Crippen LogP contribution in [0.5, 0.6) is 5.75 Å². The first-order chi connectivity index (χ1) is 18.5. The average Bonchev–Trinajstić information content (AvgIpc) is 3.45. The zero-order valence-corrected chi connectivity index (χ0v) is 21.9. The van der Waals surface area contributed by atoms with Gasteiger partial charge >= 0.3 is 0 Å². The predicted octanol–water partition coefficient (Wildman–Crippen LogP) is 5.61. The third kappa shape index (κ3) is 6.15. The van der Waals surface area contributed by atoms with E-state index < -0.39 is 0 Å². The maximum absolute atomic E-state index is 13.0. The summed E-state index contributed by atoms with van der Waals surface area (Å²) in [6.07, 6.45) is 8.48. The molecule has 1 fully saturated rings. The molecule has 0 radical (unpaired) electrons. The van der Waals surface area contributed by atoms with Crippen molar-refractivity contribution < 1.29 is 14.3 Å². The molecule has 8 nitrogen and oxygen atoms in total. The zero-order chi connectivity index (χ0) is 26.5. The van der Waals surface area contributed by atoms with Crippen molar-refractivity contribution in [3.05, 3.63) is 101 Å². The number of piperidine rings is 1. The lowest BCUT2D eigenvalue weighted by atomic mass is 9.89. The van der Waals surface area contributed by atoms with Gasteiger partial charge in [-0.05, 0) is 60.7 Å². The van der Waals surface area contributed by atoms with Gasteiger partial charge in [-0.3, -0.25) is 14.6 Å². The molecule has 2 aromatic carbocycles. The first kappa shape index (κ1) is 25.8. The van der Waals surface area contributed by atoms with Crippen molar-refractivity contribution in [2.24, 2.45) is 0 Å². The zero-order valence-electron chi connectivity index (χ0n) is 20.4. The number of anilines is 1. The molecule has 0 bridgehead atoms. The second-order valence-electron chi connectivity index (χ2n) is 8.99. The van der Waals surface area contributed by atoms with E-state index in [4.69, 9.17) is 27.9 Å². The van der Waals surface area contributed by atoms with Gasteiger partial charge in [0.25, 0.3) is 11.8 Å². The van der Waals surface area contributed by atoms with Gasteiger partial charge in [0.1, 0.15) is 5.75 Å². The van der Waals surface area contributed by atoms with Crippen LogP contribution in [0, 0.1) is 0 Å². The Hall–Kier alpha value is -3.88. The lowest BCUT2D eigenvalue weighted by Crippen LogP contribution is -2.37. The van der Waals surface area contributed by atoms with Crippen molar-refractivity contribution in [3.8, 4) is 11.4 Å². The number of carbonyl (C=O) groups is 2. The molecule has 1 saturated heterocycles. The van der Waals surface area contributed by atoms with Crippen LogP contribution in [0.25, 0.3) is 5.69 Å². The molecular weight excluding hydrogens is 525 g/mol. The third-order valence-electron chi connectivity index (χ3n) is 6.45. The molecular formula is C28H25Cl2N5O3. The van der Waals surface area contributed by atoms with E-state index in [1.807, 2.05) is 41.3 Å². The molecule has 2 aromatic heterocycles. The minimum Gasteiger partial charge on any atom is -0.484 e. The van der Waals surface area contributed by atoms with Crippen LogP contribution >= 0.6 is 23.2 Å². The molecule has 0 aliphatic carbocycles. The van der Waals surface area contributed by atoms with E-state index in [0.29, 0.717) is 46.1 Å². The molecule has 3 heterocycles. The highest BCUT2D eigenvalue weighted by Gasteiger charge is 2.25. The normalized spacial score (nSPS) is 13.8. The van der Waals surface area contributed by atoms with E-state index in [1.54, 1.807) is 47.7 Å². The molecule has 1 N–H and O–H groups in total. The molecule has 194 valence electrons. The average molecular weight is 550 g/mol. The largest absolute Gasteiger partial charge is 0.484 e. The van der Waals surface area contributed by atoms with Crippen LogP contribution < -0.4 is 10.1 Å². The SMILES string of the molecule is O=C(COc1ccc(Cl)c(Cl)c1)Nc1ccc(C2CCN(C(=O)c3cnn(-c4cccnc4)c3)CC2)cc1. The molecule has 0 spiro atoms. The van der Waals surface area contributed by atoms with E-state index in [-0.39, 0.29) is 18.4 Å². The standard InChI is InChI=1S/C28H25Cl2N5O3/c29-25-8-7-24(14-26(25)30)38-18-27(36)33-22-5-3-19(4-6-22)20-9-12-34(13-10-20)28(37)21-15-32-35(17-21)23-2-1-11-31-16-23/h1-8,11,14-17,20H,9-10,12-13,18H2,(H,33,36). The Labute approximate surface area is 230 Å². The molecule has 38 heavy (non-hydrogen) atoms. The molecule has 1 aliphatic rings. The summed E-state index contributed by atoms with van der Waals surface area (Å²) < 4.78 is 7.14. The van der Waals surface area contributed by atoms with Crippen LogP contribution in [0.2, 0.25) is 10.0 Å². The minimum atomic E-state index is -0.275. The van der Waals surface area contributed by atoms with E-state index in [2.05, 4.69) is 15.4 Å². The van der Waals surface area contributed by atoms with E-state index in [1.165, 1.54) is 5.56 Å². The number of aromatic nitrogens is 3. The molecule has 10 heteroatoms. The number of rotatable bonds is 7. The summed E-state index contributed by atoms with van der Waals surface area (Å²) in [6, 6.07) is 16.4. The number of nitrogens with zero attached hydrogens (tertiary/aromatic N) is 4. The molecule has 4 aromatic rings. The Bertz CT molecular complexity index is 1420. The summed E-state index contributed by atoms with van der Waals surface area (Å²) in [7, 11) is 0. The fraction of sp³-hybridized carbons (Fsp3) is 0.214. The predicted molar refractivity (Wildman–Crippen MR) is 146 cm³/mol. The Morgan fingerprint density at radius 2 is 1.79 bits per heavy atom. The van der Waals surface area contributed by atoms with E-state index in [0.717, 1.165) is 18.5 Å². The second kappa shape index (κ2) is 11.7. The van der Waals surface area contributed by atoms with Gasteiger partial charge in [-0.1, -0.05) is 35.3 Å². The quantitative estimate of drug-likeness (QED) is 0.323. The van der Waals surface area contributed by atoms with Crippen LogP contribution in [0.3, 0.4) is 0 Å². The summed E-state index contributed by atoms with van der Waals surface area (Å²) in [5.74, 6) is 0.527. The van der Waals surface area contributed by atoms with Crippen LogP contribution in [0.1, 0.15) is 34.7 Å². The molecule has 0 unspecified atom stereocenters. The number of hydrogen-bond donors (Lipinski definition) is 1. The van der Waals surface area contributed by atoms with Crippen LogP contribution in [0.15, 0.2) is 79.4 Å². The van der Waals surface area contributed by atoms with E-state index in [9.17, 15) is 9.59 Å². The number of halogens is 2. The first-order valence-electron chi connectivity index (χ1n) is 12.2. The minimum absolute atomic E-state index is 0.0141. The molecule has 5 rings (SSSR count). The van der Waals surface area contributed by atoms with Crippen LogP contribution in [-0.2, 0) is 4.79 Å². The van der Waals surface area contributed by atoms with Gasteiger partial charge in [0.2, 0.25) is 0 Å². The molecule has 0 saturated carbocycles. The maximum atomic E-state index is 13.0. The lowest BCUT2D eigenvalue weighted by Gasteiger charge is -2.32. The van der Waals surface area contributed by atoms with Crippen LogP contribution in [0.4, 0.5) is 5.69 Å². The summed E-state index contributed by atoms with van der Waals surface area (Å²) in [5.41, 5.74) is 3.25. The molecule has 2 amide bonds. The van der Waals surface area contributed by atoms with Crippen LogP contribution in [-0.4, -0.2) is 51.2 Å². The number of pyridine rings is 1. The van der Waals surface area contributed by atoms with Gasteiger partial charge in [-0.25, -0.2) is 4.68 Å². The first-order valence-corrected chi connectivity index (χ1v) is 12.9. The van der Waals surface area contributed by atoms with Gasteiger partial charge in [0, 0.05) is 37.2 Å². The highest BCUT2D eigenvalue weighted by Crippen LogP contribution is 2.30. The van der Waals surface area contributed by atoms with Crippen molar-refractivity contribution >= 4 is 40.7 Å². The summed E-state index contributed by atoms with van der Waals surface area (Å²) in [5, 5.41) is 7.94. The molecule has 1 aliphatic heterocycles. The Morgan fingerprint density at radius 1 is 1.00 bits per heavy atom. The van der Waals surface area contributed by atoms with E-state index >= 15 is 0 Å². The van der Waals surface area contributed by atoms with Crippen molar-refractivity contribution in [3.63, 3.8) is 0 Å². The number of benzene rings is 2. The smallest absolute Gasteiger partial charge is 0.262 e. The topological polar surface area (TPSA) is 89.4 Å². The van der Waals surface area contributed by atoms with Crippen molar-refractivity contribution in [1.82, 2.24) is 19.7 Å². The number of ether oxygens (including phenoxy) is 1.